The zero-order valence-corrected chi connectivity index (χ0v) is 9.44. The summed E-state index contributed by atoms with van der Waals surface area (Å²) in [6.07, 6.45) is 1.79. The molecule has 0 atom stereocenters. The molecule has 0 aliphatic carbocycles. The van der Waals surface area contributed by atoms with Gasteiger partial charge in [-0.2, -0.15) is 0 Å². The maximum atomic E-state index is 10.8. The van der Waals surface area contributed by atoms with Gasteiger partial charge in [0.15, 0.2) is 6.29 Å². The van der Waals surface area contributed by atoms with Crippen molar-refractivity contribution in [1.29, 1.82) is 0 Å². The summed E-state index contributed by atoms with van der Waals surface area (Å²) in [5, 5.41) is 0.0583. The van der Waals surface area contributed by atoms with Gasteiger partial charge in [0.25, 0.3) is 0 Å². The van der Waals surface area contributed by atoms with Crippen molar-refractivity contribution in [2.75, 3.05) is 18.0 Å². The summed E-state index contributed by atoms with van der Waals surface area (Å²) >= 11 is 5.74. The molecule has 0 aromatic carbocycles. The van der Waals surface area contributed by atoms with Gasteiger partial charge in [0.05, 0.1) is 12.1 Å². The summed E-state index contributed by atoms with van der Waals surface area (Å²) in [5.74, 6) is -0.190. The standard InChI is InChI=1S/C9H11ClN4O2/c1-2-14(3-7(11)16)9-6(4-15)8(10)12-5-13-9/h4-5H,2-3H2,1H3,(H2,11,16). The third-order valence-corrected chi connectivity index (χ3v) is 2.26. The number of likely N-dealkylation sites (N-methyl/N-ethyl adjacent to an activating group) is 1. The van der Waals surface area contributed by atoms with Gasteiger partial charge in [-0.1, -0.05) is 11.6 Å². The Kier molecular flexibility index (Phi) is 4.19. The molecule has 0 saturated heterocycles. The Morgan fingerprint density at radius 3 is 2.81 bits per heavy atom. The number of anilines is 1. The number of aromatic nitrogens is 2. The Hall–Kier alpha value is -1.69. The number of carbonyl (C=O) groups is 2. The van der Waals surface area contributed by atoms with E-state index >= 15 is 0 Å². The number of aldehydes is 1. The molecule has 0 saturated carbocycles. The van der Waals surface area contributed by atoms with Crippen molar-refractivity contribution in [3.63, 3.8) is 0 Å². The first kappa shape index (κ1) is 12.4. The normalized spacial score (nSPS) is 9.88. The van der Waals surface area contributed by atoms with E-state index in [1.165, 1.54) is 6.33 Å². The molecule has 7 heteroatoms. The molecule has 0 bridgehead atoms. The molecule has 0 aliphatic heterocycles. The molecule has 0 fully saturated rings. The van der Waals surface area contributed by atoms with Crippen LogP contribution in [0.15, 0.2) is 6.33 Å². The van der Waals surface area contributed by atoms with Crippen molar-refractivity contribution in [1.82, 2.24) is 9.97 Å². The van der Waals surface area contributed by atoms with Crippen molar-refractivity contribution < 1.29 is 9.59 Å². The first-order chi connectivity index (χ1) is 7.60. The van der Waals surface area contributed by atoms with Crippen LogP contribution >= 0.6 is 11.6 Å². The van der Waals surface area contributed by atoms with Crippen LogP contribution in [0, 0.1) is 0 Å². The van der Waals surface area contributed by atoms with E-state index < -0.39 is 5.91 Å². The lowest BCUT2D eigenvalue weighted by Crippen LogP contribution is -2.34. The molecule has 1 heterocycles. The molecule has 1 aromatic heterocycles. The van der Waals surface area contributed by atoms with Gasteiger partial charge < -0.3 is 10.6 Å². The number of amides is 1. The predicted molar refractivity (Wildman–Crippen MR) is 59.5 cm³/mol. The lowest BCUT2D eigenvalue weighted by Gasteiger charge is -2.21. The molecule has 0 spiro atoms. The Labute approximate surface area is 97.4 Å². The Bertz CT molecular complexity index is 410. The van der Waals surface area contributed by atoms with Crippen LogP contribution in [0.25, 0.3) is 0 Å². The van der Waals surface area contributed by atoms with Gasteiger partial charge in [-0.25, -0.2) is 9.97 Å². The maximum Gasteiger partial charge on any atom is 0.236 e. The van der Waals surface area contributed by atoms with Crippen LogP contribution in [-0.2, 0) is 4.79 Å². The summed E-state index contributed by atoms with van der Waals surface area (Å²) in [4.78, 5) is 30.9. The lowest BCUT2D eigenvalue weighted by molar-refractivity contribution is -0.116. The second-order valence-electron chi connectivity index (χ2n) is 3.00. The van der Waals surface area contributed by atoms with Crippen molar-refractivity contribution in [3.8, 4) is 0 Å². The molecule has 1 rings (SSSR count). The average molecular weight is 243 g/mol. The second kappa shape index (κ2) is 5.41. The van der Waals surface area contributed by atoms with E-state index in [9.17, 15) is 9.59 Å². The van der Waals surface area contributed by atoms with E-state index in [2.05, 4.69) is 9.97 Å². The van der Waals surface area contributed by atoms with Gasteiger partial charge in [-0.3, -0.25) is 9.59 Å². The highest BCUT2D eigenvalue weighted by Gasteiger charge is 2.16. The molecular weight excluding hydrogens is 232 g/mol. The fourth-order valence-corrected chi connectivity index (χ4v) is 1.42. The largest absolute Gasteiger partial charge is 0.368 e. The van der Waals surface area contributed by atoms with Crippen LogP contribution in [0.5, 0.6) is 0 Å². The van der Waals surface area contributed by atoms with E-state index in [4.69, 9.17) is 17.3 Å². The first-order valence-electron chi connectivity index (χ1n) is 4.59. The van der Waals surface area contributed by atoms with Crippen LogP contribution in [0.3, 0.4) is 0 Å². The van der Waals surface area contributed by atoms with Gasteiger partial charge in [0, 0.05) is 6.54 Å². The minimum atomic E-state index is -0.506. The number of rotatable bonds is 5. The number of carbonyl (C=O) groups excluding carboxylic acids is 2. The molecule has 1 amide bonds. The summed E-state index contributed by atoms with van der Waals surface area (Å²) < 4.78 is 0. The van der Waals surface area contributed by atoms with Crippen LogP contribution in [0.1, 0.15) is 17.3 Å². The Balaban J connectivity index is 3.13. The predicted octanol–water partition coefficient (Wildman–Crippen LogP) is 0.254. The zero-order valence-electron chi connectivity index (χ0n) is 8.68. The van der Waals surface area contributed by atoms with Gasteiger partial charge in [0.2, 0.25) is 5.91 Å². The van der Waals surface area contributed by atoms with Crippen LogP contribution < -0.4 is 10.6 Å². The Morgan fingerprint density at radius 1 is 1.62 bits per heavy atom. The molecule has 0 radical (unpaired) electrons. The number of halogens is 1. The molecule has 16 heavy (non-hydrogen) atoms. The summed E-state index contributed by atoms with van der Waals surface area (Å²) in [6, 6.07) is 0. The van der Waals surface area contributed by atoms with Gasteiger partial charge in [-0.15, -0.1) is 0 Å². The molecule has 2 N–H and O–H groups in total. The highest BCUT2D eigenvalue weighted by atomic mass is 35.5. The Morgan fingerprint density at radius 2 is 2.31 bits per heavy atom. The third kappa shape index (κ3) is 2.66. The van der Waals surface area contributed by atoms with Crippen LogP contribution in [-0.4, -0.2) is 35.3 Å². The molecule has 6 nitrogen and oxygen atoms in total. The average Bonchev–Trinajstić information content (AvgIpc) is 2.25. The fraction of sp³-hybridized carbons (Fsp3) is 0.333. The fourth-order valence-electron chi connectivity index (χ4n) is 1.24. The van der Waals surface area contributed by atoms with Crippen molar-refractivity contribution in [3.05, 3.63) is 17.0 Å². The van der Waals surface area contributed by atoms with E-state index in [1.807, 2.05) is 6.92 Å². The topological polar surface area (TPSA) is 89.2 Å². The van der Waals surface area contributed by atoms with Crippen LogP contribution in [0.4, 0.5) is 5.82 Å². The first-order valence-corrected chi connectivity index (χ1v) is 4.96. The number of hydrogen-bond acceptors (Lipinski definition) is 5. The van der Waals surface area contributed by atoms with E-state index in [0.717, 1.165) is 0 Å². The van der Waals surface area contributed by atoms with Gasteiger partial charge in [0.1, 0.15) is 17.3 Å². The summed E-state index contributed by atoms with van der Waals surface area (Å²) in [6.45, 7) is 2.27. The molecule has 0 aliphatic rings. The van der Waals surface area contributed by atoms with Crippen LogP contribution in [0.2, 0.25) is 5.15 Å². The minimum absolute atomic E-state index is 0.0231. The van der Waals surface area contributed by atoms with E-state index in [-0.39, 0.29) is 17.3 Å². The third-order valence-electron chi connectivity index (χ3n) is 1.96. The number of nitrogens with two attached hydrogens (primary N) is 1. The van der Waals surface area contributed by atoms with E-state index in [1.54, 1.807) is 4.90 Å². The number of nitrogens with zero attached hydrogens (tertiary/aromatic N) is 3. The van der Waals surface area contributed by atoms with Gasteiger partial charge in [-0.05, 0) is 6.92 Å². The molecule has 0 unspecified atom stereocenters. The monoisotopic (exact) mass is 242 g/mol. The smallest absolute Gasteiger partial charge is 0.236 e. The summed E-state index contributed by atoms with van der Waals surface area (Å²) in [7, 11) is 0. The highest BCUT2D eigenvalue weighted by molar-refractivity contribution is 6.32. The molecule has 1 aromatic rings. The highest BCUT2D eigenvalue weighted by Crippen LogP contribution is 2.20. The van der Waals surface area contributed by atoms with Gasteiger partial charge >= 0.3 is 0 Å². The maximum absolute atomic E-state index is 10.8. The lowest BCUT2D eigenvalue weighted by atomic mass is 10.3. The number of hydrogen-bond donors (Lipinski definition) is 1. The van der Waals surface area contributed by atoms with Crippen molar-refractivity contribution >= 4 is 29.6 Å². The zero-order chi connectivity index (χ0) is 12.1. The quantitative estimate of drug-likeness (QED) is 0.591. The molecule has 86 valence electrons. The SMILES string of the molecule is CCN(CC(N)=O)c1ncnc(Cl)c1C=O. The minimum Gasteiger partial charge on any atom is -0.368 e. The van der Waals surface area contributed by atoms with Crippen molar-refractivity contribution in [2.24, 2.45) is 5.73 Å². The second-order valence-corrected chi connectivity index (χ2v) is 3.36. The number of primary amides is 1. The summed E-state index contributed by atoms with van der Waals surface area (Å²) in [5.41, 5.74) is 5.25. The van der Waals surface area contributed by atoms with Crippen molar-refractivity contribution in [2.45, 2.75) is 6.92 Å². The van der Waals surface area contributed by atoms with E-state index in [0.29, 0.717) is 18.6 Å². The molecular formula is C9H11ClN4O2.